The monoisotopic (exact) mass is 296 g/mol. The van der Waals surface area contributed by atoms with E-state index in [1.165, 1.54) is 30.4 Å². The Morgan fingerprint density at radius 1 is 1.09 bits per heavy atom. The second-order valence-electron chi connectivity index (χ2n) is 5.80. The maximum atomic E-state index is 5.30. The predicted octanol–water partition coefficient (Wildman–Crippen LogP) is 3.93. The summed E-state index contributed by atoms with van der Waals surface area (Å²) in [6, 6.07) is 19.5. The van der Waals surface area contributed by atoms with Crippen LogP contribution >= 0.6 is 0 Å². The number of rotatable bonds is 5. The van der Waals surface area contributed by atoms with Gasteiger partial charge in [-0.25, -0.2) is 5.01 Å². The second kappa shape index (κ2) is 7.43. The van der Waals surface area contributed by atoms with Crippen molar-refractivity contribution < 1.29 is 4.74 Å². The van der Waals surface area contributed by atoms with Gasteiger partial charge >= 0.3 is 0 Å². The number of methoxy groups -OCH3 is 1. The van der Waals surface area contributed by atoms with Gasteiger partial charge < -0.3 is 4.74 Å². The third-order valence-corrected chi connectivity index (χ3v) is 4.31. The van der Waals surface area contributed by atoms with Gasteiger partial charge in [-0.15, -0.1) is 0 Å². The van der Waals surface area contributed by atoms with E-state index in [0.717, 1.165) is 18.8 Å². The van der Waals surface area contributed by atoms with Gasteiger partial charge in [-0.2, -0.15) is 0 Å². The molecule has 1 N–H and O–H groups in total. The molecule has 3 rings (SSSR count). The molecule has 1 unspecified atom stereocenters. The summed E-state index contributed by atoms with van der Waals surface area (Å²) in [5.41, 5.74) is 6.27. The summed E-state index contributed by atoms with van der Waals surface area (Å²) >= 11 is 0. The maximum absolute atomic E-state index is 5.30. The number of hydrogen-bond acceptors (Lipinski definition) is 3. The molecule has 1 atom stereocenters. The zero-order chi connectivity index (χ0) is 15.2. The van der Waals surface area contributed by atoms with Gasteiger partial charge in [-0.3, -0.25) is 5.43 Å². The first kappa shape index (κ1) is 15.1. The van der Waals surface area contributed by atoms with Crippen LogP contribution in [0.15, 0.2) is 54.6 Å². The van der Waals surface area contributed by atoms with Gasteiger partial charge in [-0.1, -0.05) is 48.9 Å². The quantitative estimate of drug-likeness (QED) is 0.905. The van der Waals surface area contributed by atoms with Gasteiger partial charge in [-0.05, 0) is 36.1 Å². The molecule has 3 nitrogen and oxygen atoms in total. The second-order valence-corrected chi connectivity index (χ2v) is 5.80. The molecule has 0 radical (unpaired) electrons. The third kappa shape index (κ3) is 3.67. The van der Waals surface area contributed by atoms with Gasteiger partial charge in [0, 0.05) is 19.1 Å². The Balaban J connectivity index is 1.66. The molecular weight excluding hydrogens is 272 g/mol. The Labute approximate surface area is 132 Å². The molecule has 0 aliphatic carbocycles. The number of nitrogens with one attached hydrogen (secondary N) is 1. The van der Waals surface area contributed by atoms with Crippen LogP contribution in [0.1, 0.15) is 36.4 Å². The van der Waals surface area contributed by atoms with E-state index in [0.29, 0.717) is 6.04 Å². The number of hydrogen-bond donors (Lipinski definition) is 1. The first-order valence-corrected chi connectivity index (χ1v) is 8.05. The SMILES string of the molecule is COc1cccc(CNN2CCCCC2c2ccccc2)c1. The van der Waals surface area contributed by atoms with Crippen molar-refractivity contribution in [2.45, 2.75) is 31.8 Å². The Bertz CT molecular complexity index is 585. The maximum Gasteiger partial charge on any atom is 0.119 e. The Hall–Kier alpha value is -1.84. The molecule has 2 aromatic carbocycles. The van der Waals surface area contributed by atoms with Crippen molar-refractivity contribution in [1.29, 1.82) is 0 Å². The van der Waals surface area contributed by atoms with Crippen molar-refractivity contribution in [2.24, 2.45) is 0 Å². The van der Waals surface area contributed by atoms with E-state index in [9.17, 15) is 0 Å². The number of nitrogens with zero attached hydrogens (tertiary/aromatic N) is 1. The average Bonchev–Trinajstić information content (AvgIpc) is 2.61. The normalized spacial score (nSPS) is 19.0. The van der Waals surface area contributed by atoms with Gasteiger partial charge in [0.2, 0.25) is 0 Å². The van der Waals surface area contributed by atoms with Crippen LogP contribution in [0.25, 0.3) is 0 Å². The molecular formula is C19H24N2O. The van der Waals surface area contributed by atoms with Crippen molar-refractivity contribution in [3.8, 4) is 5.75 Å². The lowest BCUT2D eigenvalue weighted by Crippen LogP contribution is -2.43. The Kier molecular flexibility index (Phi) is 5.09. The summed E-state index contributed by atoms with van der Waals surface area (Å²) in [5.74, 6) is 0.914. The highest BCUT2D eigenvalue weighted by Crippen LogP contribution is 2.29. The molecule has 1 fully saturated rings. The lowest BCUT2D eigenvalue weighted by molar-refractivity contribution is 0.0825. The fraction of sp³-hybridized carbons (Fsp3) is 0.368. The summed E-state index contributed by atoms with van der Waals surface area (Å²) in [6.45, 7) is 1.93. The number of ether oxygens (including phenoxy) is 1. The van der Waals surface area contributed by atoms with Crippen LogP contribution < -0.4 is 10.2 Å². The van der Waals surface area contributed by atoms with Crippen LogP contribution in [0.2, 0.25) is 0 Å². The van der Waals surface area contributed by atoms with Gasteiger partial charge in [0.05, 0.1) is 7.11 Å². The highest BCUT2D eigenvalue weighted by atomic mass is 16.5. The van der Waals surface area contributed by atoms with Crippen LogP contribution in [0.3, 0.4) is 0 Å². The van der Waals surface area contributed by atoms with Crippen molar-refractivity contribution in [3.05, 3.63) is 65.7 Å². The molecule has 1 saturated heterocycles. The van der Waals surface area contributed by atoms with E-state index < -0.39 is 0 Å². The van der Waals surface area contributed by atoms with Crippen LogP contribution in [-0.4, -0.2) is 18.7 Å². The molecule has 3 heteroatoms. The molecule has 0 saturated carbocycles. The molecule has 22 heavy (non-hydrogen) atoms. The largest absolute Gasteiger partial charge is 0.497 e. The van der Waals surface area contributed by atoms with E-state index in [1.807, 2.05) is 12.1 Å². The lowest BCUT2D eigenvalue weighted by atomic mass is 9.97. The molecule has 2 aromatic rings. The van der Waals surface area contributed by atoms with Gasteiger partial charge in [0.25, 0.3) is 0 Å². The minimum Gasteiger partial charge on any atom is -0.497 e. The zero-order valence-corrected chi connectivity index (χ0v) is 13.2. The molecule has 0 aromatic heterocycles. The van der Waals surface area contributed by atoms with Gasteiger partial charge in [0.15, 0.2) is 0 Å². The Morgan fingerprint density at radius 3 is 2.77 bits per heavy atom. The van der Waals surface area contributed by atoms with Crippen molar-refractivity contribution in [2.75, 3.05) is 13.7 Å². The summed E-state index contributed by atoms with van der Waals surface area (Å²) in [7, 11) is 1.71. The fourth-order valence-electron chi connectivity index (χ4n) is 3.12. The summed E-state index contributed by atoms with van der Waals surface area (Å²) in [4.78, 5) is 0. The summed E-state index contributed by atoms with van der Waals surface area (Å²) in [6.07, 6.45) is 3.78. The van der Waals surface area contributed by atoms with Crippen LogP contribution in [0.4, 0.5) is 0 Å². The first-order valence-electron chi connectivity index (χ1n) is 8.05. The molecule has 1 heterocycles. The number of piperidine rings is 1. The van der Waals surface area contributed by atoms with Crippen molar-refractivity contribution in [3.63, 3.8) is 0 Å². The molecule has 0 bridgehead atoms. The van der Waals surface area contributed by atoms with Crippen LogP contribution in [0.5, 0.6) is 5.75 Å². The third-order valence-electron chi connectivity index (χ3n) is 4.31. The average molecular weight is 296 g/mol. The summed E-state index contributed by atoms with van der Waals surface area (Å²) < 4.78 is 5.30. The molecule has 0 spiro atoms. The van der Waals surface area contributed by atoms with Crippen molar-refractivity contribution >= 4 is 0 Å². The van der Waals surface area contributed by atoms with E-state index in [2.05, 4.69) is 52.9 Å². The Morgan fingerprint density at radius 2 is 1.95 bits per heavy atom. The van der Waals surface area contributed by atoms with Crippen LogP contribution in [0, 0.1) is 0 Å². The molecule has 1 aliphatic heterocycles. The minimum atomic E-state index is 0.473. The molecule has 1 aliphatic rings. The minimum absolute atomic E-state index is 0.473. The fourth-order valence-corrected chi connectivity index (χ4v) is 3.12. The smallest absolute Gasteiger partial charge is 0.119 e. The van der Waals surface area contributed by atoms with E-state index in [4.69, 9.17) is 4.74 Å². The number of hydrazine groups is 1. The zero-order valence-electron chi connectivity index (χ0n) is 13.2. The van der Waals surface area contributed by atoms with Gasteiger partial charge in [0.1, 0.15) is 5.75 Å². The molecule has 116 valence electrons. The first-order chi connectivity index (χ1) is 10.9. The number of benzene rings is 2. The molecule has 0 amide bonds. The standard InChI is InChI=1S/C19H24N2O/c1-22-18-11-7-8-16(14-18)15-20-21-13-6-5-12-19(21)17-9-3-2-4-10-17/h2-4,7-11,14,19-20H,5-6,12-13,15H2,1H3. The van der Waals surface area contributed by atoms with Crippen molar-refractivity contribution in [1.82, 2.24) is 10.4 Å². The van der Waals surface area contributed by atoms with E-state index >= 15 is 0 Å². The van der Waals surface area contributed by atoms with E-state index in [-0.39, 0.29) is 0 Å². The van der Waals surface area contributed by atoms with E-state index in [1.54, 1.807) is 7.11 Å². The summed E-state index contributed by atoms with van der Waals surface area (Å²) in [5, 5.41) is 2.40. The highest BCUT2D eigenvalue weighted by molar-refractivity contribution is 5.28. The predicted molar refractivity (Wildman–Crippen MR) is 89.6 cm³/mol. The lowest BCUT2D eigenvalue weighted by Gasteiger charge is -2.36. The van der Waals surface area contributed by atoms with Crippen LogP contribution in [-0.2, 0) is 6.54 Å². The highest BCUT2D eigenvalue weighted by Gasteiger charge is 2.23. The topological polar surface area (TPSA) is 24.5 Å².